The topological polar surface area (TPSA) is 20.2 Å². The number of halogens is 1. The number of hydrogen-bond acceptors (Lipinski definition) is 1. The van der Waals surface area contributed by atoms with Crippen LogP contribution in [0.1, 0.15) is 6.92 Å². The summed E-state index contributed by atoms with van der Waals surface area (Å²) in [4.78, 5) is 0. The van der Waals surface area contributed by atoms with Gasteiger partial charge in [-0.3, -0.25) is 0 Å². The van der Waals surface area contributed by atoms with E-state index in [4.69, 9.17) is 5.11 Å². The average molecular weight is 174 g/mol. The van der Waals surface area contributed by atoms with Crippen molar-refractivity contribution in [2.75, 3.05) is 6.61 Å². The third kappa shape index (κ3) is 38.5. The fourth-order valence-electron chi connectivity index (χ4n) is 0. The number of aliphatic hydroxyl groups excluding tert-OH is 1. The predicted molar refractivity (Wildman–Crippen MR) is 21.7 cm³/mol. The normalized spacial score (nSPS) is 4.40. The van der Waals surface area contributed by atoms with Crippen molar-refractivity contribution in [2.45, 2.75) is 6.92 Å². The Hall–Kier alpha value is 1.15. The molecule has 0 atom stereocenters. The van der Waals surface area contributed by atoms with Gasteiger partial charge in [-0.25, -0.2) is 0 Å². The summed E-state index contributed by atoms with van der Waals surface area (Å²) >= 11 is 4.75. The molecule has 0 saturated carbocycles. The first-order valence-corrected chi connectivity index (χ1v) is 5.07. The van der Waals surface area contributed by atoms with E-state index in [9.17, 15) is 0 Å². The van der Waals surface area contributed by atoms with Gasteiger partial charge in [-0.2, -0.15) is 0 Å². The van der Waals surface area contributed by atoms with Crippen LogP contribution < -0.4 is 0 Å². The molecule has 0 heterocycles. The molecule has 0 fully saturated rings. The van der Waals surface area contributed by atoms with Gasteiger partial charge in [-0.15, -0.1) is 0 Å². The van der Waals surface area contributed by atoms with Gasteiger partial charge in [0, 0.05) is 6.61 Å². The third-order valence-electron chi connectivity index (χ3n) is 0. The molecule has 0 rings (SSSR count). The Morgan fingerprint density at radius 3 is 1.80 bits per heavy atom. The van der Waals surface area contributed by atoms with E-state index in [2.05, 4.69) is 13.2 Å². The van der Waals surface area contributed by atoms with E-state index in [0.717, 1.165) is 0 Å². The maximum atomic E-state index is 7.57. The summed E-state index contributed by atoms with van der Waals surface area (Å²) in [5.41, 5.74) is 0. The Kier molecular flexibility index (Phi) is 36.3. The van der Waals surface area contributed by atoms with Crippen LogP contribution in [0.5, 0.6) is 0 Å². The quantitative estimate of drug-likeness (QED) is 0.539. The second-order valence-corrected chi connectivity index (χ2v) is 0.316. The van der Waals surface area contributed by atoms with E-state index in [1.807, 2.05) is 18.3 Å². The molecule has 1 N–H and O–H groups in total. The molecule has 0 aromatic heterocycles. The van der Waals surface area contributed by atoms with E-state index in [1.54, 1.807) is 6.92 Å². The monoisotopic (exact) mass is 173 g/mol. The summed E-state index contributed by atoms with van der Waals surface area (Å²) in [5.74, 6) is 0. The summed E-state index contributed by atoms with van der Waals surface area (Å²) in [6.07, 6.45) is 0. The van der Waals surface area contributed by atoms with Crippen LogP contribution in [0.4, 0.5) is 0 Å². The molecule has 0 saturated heterocycles. The van der Waals surface area contributed by atoms with Crippen molar-refractivity contribution in [1.29, 1.82) is 0 Å². The summed E-state index contributed by atoms with van der Waals surface area (Å²) < 4.78 is 0. The van der Waals surface area contributed by atoms with Gasteiger partial charge in [0.15, 0.2) is 0 Å². The van der Waals surface area contributed by atoms with Gasteiger partial charge in [0.05, 0.1) is 0 Å². The van der Waals surface area contributed by atoms with Gasteiger partial charge < -0.3 is 5.11 Å². The Morgan fingerprint density at radius 1 is 1.80 bits per heavy atom. The minimum atomic E-state index is 0.250. The average Bonchev–Trinajstić information content (AvgIpc) is 1.46. The Bertz CT molecular complexity index is 9.61. The van der Waals surface area contributed by atoms with Gasteiger partial charge in [-0.1, -0.05) is 0 Å². The van der Waals surface area contributed by atoms with Gasteiger partial charge in [0.25, 0.3) is 0 Å². The van der Waals surface area contributed by atoms with Gasteiger partial charge in [0.2, 0.25) is 0 Å². The molecule has 1 nitrogen and oxygen atoms in total. The van der Waals surface area contributed by atoms with E-state index in [0.29, 0.717) is 0 Å². The fourth-order valence-corrected chi connectivity index (χ4v) is 0. The maximum absolute atomic E-state index is 7.57. The van der Waals surface area contributed by atoms with Crippen molar-refractivity contribution >= 4 is 13.2 Å². The molecule has 0 unspecified atom stereocenters. The van der Waals surface area contributed by atoms with Crippen LogP contribution in [-0.4, -0.2) is 11.7 Å². The zero-order chi connectivity index (χ0) is 4.71. The molecule has 0 aliphatic heterocycles. The molecule has 0 bridgehead atoms. The molecular formula is C2H6BrOTi. The second kappa shape index (κ2) is 19.2. The molecule has 0 aromatic rings. The summed E-state index contributed by atoms with van der Waals surface area (Å²) in [7, 11) is 0. The van der Waals surface area contributed by atoms with Crippen LogP contribution in [0.2, 0.25) is 0 Å². The molecule has 0 amide bonds. The first-order valence-electron chi connectivity index (χ1n) is 1.21. The molecule has 3 heteroatoms. The predicted octanol–water partition coefficient (Wildman–Crippen LogP) is 0.842. The van der Waals surface area contributed by atoms with Gasteiger partial charge >= 0.3 is 31.5 Å². The molecular weight excluding hydrogens is 168 g/mol. The van der Waals surface area contributed by atoms with Crippen molar-refractivity contribution < 1.29 is 23.4 Å². The Morgan fingerprint density at radius 2 is 1.80 bits per heavy atom. The summed E-state index contributed by atoms with van der Waals surface area (Å²) in [6, 6.07) is 0. The zero-order valence-electron chi connectivity index (χ0n) is 3.03. The molecule has 0 aliphatic carbocycles. The number of rotatable bonds is 0. The van der Waals surface area contributed by atoms with Crippen molar-refractivity contribution in [3.63, 3.8) is 0 Å². The molecule has 5 heavy (non-hydrogen) atoms. The van der Waals surface area contributed by atoms with Crippen LogP contribution in [0.25, 0.3) is 0 Å². The van der Waals surface area contributed by atoms with E-state index in [-0.39, 0.29) is 6.61 Å². The van der Waals surface area contributed by atoms with Crippen LogP contribution in [0, 0.1) is 0 Å². The molecule has 0 radical (unpaired) electrons. The molecule has 31 valence electrons. The first-order chi connectivity index (χ1) is 2.41. The Balaban J connectivity index is 0. The van der Waals surface area contributed by atoms with Crippen molar-refractivity contribution in [2.24, 2.45) is 0 Å². The third-order valence-corrected chi connectivity index (χ3v) is 0. The van der Waals surface area contributed by atoms with Crippen molar-refractivity contribution in [1.82, 2.24) is 0 Å². The first kappa shape index (κ1) is 9.47. The van der Waals surface area contributed by atoms with Crippen LogP contribution in [-0.2, 0) is 18.3 Å². The zero-order valence-corrected chi connectivity index (χ0v) is 6.18. The van der Waals surface area contributed by atoms with E-state index in [1.165, 1.54) is 0 Å². The number of aliphatic hydroxyl groups is 1. The molecule has 0 spiro atoms. The van der Waals surface area contributed by atoms with E-state index < -0.39 is 0 Å². The molecule has 0 aliphatic rings. The Labute approximate surface area is 50.2 Å². The number of hydrogen-bond donors (Lipinski definition) is 1. The van der Waals surface area contributed by atoms with E-state index >= 15 is 0 Å². The molecule has 0 aromatic carbocycles. The second-order valence-electron chi connectivity index (χ2n) is 0.316. The standard InChI is InChI=1S/C2H6O.BrH.Ti/c1-2-3;;/h3H,2H2,1H3;1H;/q;;+1/p-1. The fraction of sp³-hybridized carbons (Fsp3) is 1.00. The van der Waals surface area contributed by atoms with Crippen LogP contribution in [0.15, 0.2) is 0 Å². The SMILES string of the molecule is CCO.[Ti][Br]. The summed E-state index contributed by atoms with van der Waals surface area (Å²) in [6.45, 7) is 1.93. The van der Waals surface area contributed by atoms with Crippen LogP contribution in [0.3, 0.4) is 0 Å². The van der Waals surface area contributed by atoms with Crippen LogP contribution >= 0.6 is 13.2 Å². The van der Waals surface area contributed by atoms with Gasteiger partial charge in [-0.05, 0) is 6.92 Å². The summed E-state index contributed by atoms with van der Waals surface area (Å²) in [5, 5.41) is 7.57. The van der Waals surface area contributed by atoms with Crippen molar-refractivity contribution in [3.8, 4) is 0 Å². The van der Waals surface area contributed by atoms with Crippen molar-refractivity contribution in [3.05, 3.63) is 0 Å². The minimum absolute atomic E-state index is 0.250. The van der Waals surface area contributed by atoms with Gasteiger partial charge in [0.1, 0.15) is 0 Å².